The number of halogens is 4. The van der Waals surface area contributed by atoms with Crippen LogP contribution in [-0.2, 0) is 4.79 Å². The Bertz CT molecular complexity index is 1100. The first-order valence-corrected chi connectivity index (χ1v) is 10.9. The predicted octanol–water partition coefficient (Wildman–Crippen LogP) is 6.39. The minimum Gasteiger partial charge on any atom is -0.355 e. The second-order valence-corrected chi connectivity index (χ2v) is 9.59. The molecule has 2 aromatic carbocycles. The van der Waals surface area contributed by atoms with Gasteiger partial charge in [0.05, 0.1) is 17.4 Å². The number of aromatic nitrogens is 2. The minimum atomic E-state index is -4.53. The third kappa shape index (κ3) is 6.33. The molecule has 1 amide bonds. The van der Waals surface area contributed by atoms with Crippen LogP contribution in [0.25, 0.3) is 16.6 Å². The normalized spacial score (nSPS) is 13.5. The zero-order valence-electron chi connectivity index (χ0n) is 19.2. The van der Waals surface area contributed by atoms with E-state index < -0.39 is 23.9 Å². The van der Waals surface area contributed by atoms with Gasteiger partial charge < -0.3 is 5.32 Å². The van der Waals surface area contributed by atoms with Crippen LogP contribution >= 0.6 is 0 Å². The summed E-state index contributed by atoms with van der Waals surface area (Å²) in [5.74, 6) is -0.992. The molecule has 8 heteroatoms. The van der Waals surface area contributed by atoms with Gasteiger partial charge in [-0.05, 0) is 65.6 Å². The molecule has 0 radical (unpaired) electrons. The Balaban J connectivity index is 1.87. The van der Waals surface area contributed by atoms with E-state index in [-0.39, 0.29) is 18.3 Å². The average molecular weight is 464 g/mol. The fourth-order valence-electron chi connectivity index (χ4n) is 4.13. The number of hydrogen-bond acceptors (Lipinski definition) is 2. The van der Waals surface area contributed by atoms with Gasteiger partial charge in [-0.15, -0.1) is 0 Å². The molecule has 4 nitrogen and oxygen atoms in total. The van der Waals surface area contributed by atoms with E-state index in [9.17, 15) is 22.4 Å². The lowest BCUT2D eigenvalue weighted by Crippen LogP contribution is -2.39. The van der Waals surface area contributed by atoms with Crippen LogP contribution < -0.4 is 5.32 Å². The fraction of sp³-hybridized carbons (Fsp3) is 0.440. The molecule has 33 heavy (non-hydrogen) atoms. The fourth-order valence-corrected chi connectivity index (χ4v) is 4.13. The Morgan fingerprint density at radius 3 is 2.36 bits per heavy atom. The molecule has 0 bridgehead atoms. The van der Waals surface area contributed by atoms with Crippen molar-refractivity contribution in [1.82, 2.24) is 15.1 Å². The predicted molar refractivity (Wildman–Crippen MR) is 121 cm³/mol. The molecule has 1 atom stereocenters. The maximum absolute atomic E-state index is 13.3. The number of amides is 1. The van der Waals surface area contributed by atoms with E-state index in [1.807, 2.05) is 32.0 Å². The lowest BCUT2D eigenvalue weighted by Gasteiger charge is -2.36. The molecule has 0 aliphatic rings. The average Bonchev–Trinajstić information content (AvgIpc) is 3.13. The molecular weight excluding hydrogens is 434 g/mol. The molecule has 0 aliphatic heterocycles. The molecule has 1 N–H and O–H groups in total. The van der Waals surface area contributed by atoms with E-state index in [4.69, 9.17) is 0 Å². The number of benzene rings is 2. The molecule has 0 saturated carbocycles. The number of alkyl halides is 3. The van der Waals surface area contributed by atoms with Crippen molar-refractivity contribution in [3.05, 3.63) is 60.0 Å². The van der Waals surface area contributed by atoms with Crippen molar-refractivity contribution < 1.29 is 22.4 Å². The summed E-state index contributed by atoms with van der Waals surface area (Å²) in [6, 6.07) is 12.1. The Morgan fingerprint density at radius 2 is 1.76 bits per heavy atom. The maximum Gasteiger partial charge on any atom is 0.397 e. The van der Waals surface area contributed by atoms with Gasteiger partial charge in [0.1, 0.15) is 12.2 Å². The molecule has 0 spiro atoms. The summed E-state index contributed by atoms with van der Waals surface area (Å²) in [7, 11) is 0. The summed E-state index contributed by atoms with van der Waals surface area (Å²) in [5.41, 5.74) is 2.16. The van der Waals surface area contributed by atoms with E-state index in [1.165, 1.54) is 12.1 Å². The van der Waals surface area contributed by atoms with E-state index in [0.717, 1.165) is 28.6 Å². The highest BCUT2D eigenvalue weighted by Gasteiger charge is 2.35. The van der Waals surface area contributed by atoms with Crippen molar-refractivity contribution >= 4 is 16.8 Å². The van der Waals surface area contributed by atoms with Crippen LogP contribution in [0.1, 0.15) is 52.0 Å². The first-order valence-electron chi connectivity index (χ1n) is 10.9. The Kier molecular flexibility index (Phi) is 7.14. The molecule has 1 unspecified atom stereocenters. The third-order valence-electron chi connectivity index (χ3n) is 5.82. The minimum absolute atomic E-state index is 0.00209. The molecule has 1 heterocycles. The van der Waals surface area contributed by atoms with E-state index in [2.05, 4.69) is 24.3 Å². The summed E-state index contributed by atoms with van der Waals surface area (Å²) >= 11 is 0. The van der Waals surface area contributed by atoms with Crippen LogP contribution in [0, 0.1) is 17.2 Å². The Labute approximate surface area is 191 Å². The highest BCUT2D eigenvalue weighted by Crippen LogP contribution is 2.41. The molecule has 0 saturated heterocycles. The number of rotatable bonds is 8. The zero-order valence-corrected chi connectivity index (χ0v) is 19.2. The largest absolute Gasteiger partial charge is 0.397 e. The summed E-state index contributed by atoms with van der Waals surface area (Å²) in [6.07, 6.45) is -3.46. The van der Waals surface area contributed by atoms with E-state index >= 15 is 0 Å². The summed E-state index contributed by atoms with van der Waals surface area (Å²) in [4.78, 5) is 11.8. The molecule has 1 aromatic heterocycles. The Morgan fingerprint density at radius 1 is 1.09 bits per heavy atom. The van der Waals surface area contributed by atoms with Crippen LogP contribution in [0.15, 0.2) is 48.7 Å². The first-order chi connectivity index (χ1) is 15.4. The molecule has 0 aliphatic carbocycles. The van der Waals surface area contributed by atoms with Crippen LogP contribution in [0.5, 0.6) is 0 Å². The molecule has 0 fully saturated rings. The van der Waals surface area contributed by atoms with Crippen molar-refractivity contribution in [3.8, 4) is 5.69 Å². The van der Waals surface area contributed by atoms with Crippen molar-refractivity contribution in [2.24, 2.45) is 11.3 Å². The lowest BCUT2D eigenvalue weighted by molar-refractivity contribution is -0.154. The molecule has 3 rings (SSSR count). The smallest absolute Gasteiger partial charge is 0.355 e. The number of nitrogens with zero attached hydrogens (tertiary/aromatic N) is 2. The summed E-state index contributed by atoms with van der Waals surface area (Å²) < 4.78 is 52.6. The van der Waals surface area contributed by atoms with Gasteiger partial charge in [0.2, 0.25) is 5.91 Å². The SMILES string of the molecule is CC(C)CC(c1ccc2c(cnn2-c2ccc(F)cc2)c1)C(C)(C)CNC(=O)CC(F)(F)F. The van der Waals surface area contributed by atoms with Gasteiger partial charge in [0.25, 0.3) is 0 Å². The third-order valence-corrected chi connectivity index (χ3v) is 5.82. The highest BCUT2D eigenvalue weighted by atomic mass is 19.4. The van der Waals surface area contributed by atoms with Gasteiger partial charge in [-0.2, -0.15) is 18.3 Å². The number of carbonyl (C=O) groups excluding carboxylic acids is 1. The van der Waals surface area contributed by atoms with Gasteiger partial charge >= 0.3 is 6.18 Å². The topological polar surface area (TPSA) is 46.9 Å². The number of hydrogen-bond donors (Lipinski definition) is 1. The number of carbonyl (C=O) groups is 1. The van der Waals surface area contributed by atoms with Gasteiger partial charge in [-0.25, -0.2) is 9.07 Å². The van der Waals surface area contributed by atoms with Crippen molar-refractivity contribution in [1.29, 1.82) is 0 Å². The van der Waals surface area contributed by atoms with Crippen LogP contribution in [0.2, 0.25) is 0 Å². The van der Waals surface area contributed by atoms with Crippen molar-refractivity contribution in [2.45, 2.75) is 52.6 Å². The van der Waals surface area contributed by atoms with Gasteiger partial charge in [0, 0.05) is 11.9 Å². The van der Waals surface area contributed by atoms with Gasteiger partial charge in [-0.3, -0.25) is 4.79 Å². The summed E-state index contributed by atoms with van der Waals surface area (Å²) in [5, 5.41) is 7.81. The lowest BCUT2D eigenvalue weighted by atomic mass is 9.71. The van der Waals surface area contributed by atoms with Gasteiger partial charge in [0.15, 0.2) is 0 Å². The van der Waals surface area contributed by atoms with E-state index in [0.29, 0.717) is 5.92 Å². The van der Waals surface area contributed by atoms with Crippen molar-refractivity contribution in [2.75, 3.05) is 6.54 Å². The number of nitrogens with one attached hydrogen (secondary N) is 1. The van der Waals surface area contributed by atoms with Gasteiger partial charge in [-0.1, -0.05) is 33.8 Å². The molecule has 3 aromatic rings. The quantitative estimate of drug-likeness (QED) is 0.394. The monoisotopic (exact) mass is 463 g/mol. The van der Waals surface area contributed by atoms with Crippen molar-refractivity contribution in [3.63, 3.8) is 0 Å². The van der Waals surface area contributed by atoms with Crippen LogP contribution in [-0.4, -0.2) is 28.4 Å². The second-order valence-electron chi connectivity index (χ2n) is 9.59. The molecular formula is C25H29F4N3O. The maximum atomic E-state index is 13.3. The second kappa shape index (κ2) is 9.53. The van der Waals surface area contributed by atoms with Crippen LogP contribution in [0.4, 0.5) is 17.6 Å². The van der Waals surface area contributed by atoms with Crippen LogP contribution in [0.3, 0.4) is 0 Å². The molecule has 178 valence electrons. The first kappa shape index (κ1) is 24.7. The summed E-state index contributed by atoms with van der Waals surface area (Å²) in [6.45, 7) is 8.24. The number of fused-ring (bicyclic) bond motifs is 1. The zero-order chi connectivity index (χ0) is 24.4. The standard InChI is InChI=1S/C25H29F4N3O/c1-16(2)11-21(24(3,4)15-30-23(33)13-25(27,28)29)17-5-10-22-18(12-17)14-31-32(22)20-8-6-19(26)7-9-20/h5-10,12,14,16,21H,11,13,15H2,1-4H3,(H,30,33). The Hall–Kier alpha value is -2.90. The van der Waals surface area contributed by atoms with E-state index in [1.54, 1.807) is 23.0 Å². The highest BCUT2D eigenvalue weighted by molar-refractivity contribution is 5.81.